The van der Waals surface area contributed by atoms with Crippen molar-refractivity contribution >= 4 is 11.5 Å². The van der Waals surface area contributed by atoms with Crippen molar-refractivity contribution < 1.29 is 18.6 Å². The molecule has 0 saturated heterocycles. The molecule has 1 atom stereocenters. The number of hydrogen-bond acceptors (Lipinski definition) is 7. The Hall–Kier alpha value is -4.66. The molecule has 4 aromatic rings. The van der Waals surface area contributed by atoms with Gasteiger partial charge in [-0.3, -0.25) is 4.99 Å². The number of rotatable bonds is 5. The standard InChI is InChI=1S/C28H24FN5O3/c1-35-21-13-23(36-2)25-24(14-21)37-12-11-22-26(17-5-9-20(10-6-17)34-16-30-15-31-34)32-28(33-27(22)25)18-3-7-19(29)8-4-18/h3-10,13-16,26H,11-12H2,1-2H3,(H,32,33). The van der Waals surface area contributed by atoms with Crippen molar-refractivity contribution in [1.82, 2.24) is 20.1 Å². The van der Waals surface area contributed by atoms with E-state index in [1.54, 1.807) is 37.4 Å². The molecular weight excluding hydrogens is 473 g/mol. The second-order valence-corrected chi connectivity index (χ2v) is 8.65. The summed E-state index contributed by atoms with van der Waals surface area (Å²) in [5.74, 6) is 2.26. The first-order valence-electron chi connectivity index (χ1n) is 11.8. The fraction of sp³-hybridized carbons (Fsp3) is 0.179. The largest absolute Gasteiger partial charge is 0.496 e. The third-order valence-corrected chi connectivity index (χ3v) is 6.54. The molecule has 1 aromatic heterocycles. The van der Waals surface area contributed by atoms with E-state index >= 15 is 0 Å². The molecule has 0 amide bonds. The zero-order valence-electron chi connectivity index (χ0n) is 20.3. The minimum atomic E-state index is -0.303. The van der Waals surface area contributed by atoms with Gasteiger partial charge in [0.1, 0.15) is 47.6 Å². The second kappa shape index (κ2) is 9.42. The maximum Gasteiger partial charge on any atom is 0.138 e. The number of ether oxygens (including phenoxy) is 3. The number of aromatic nitrogens is 3. The quantitative estimate of drug-likeness (QED) is 0.430. The van der Waals surface area contributed by atoms with Crippen LogP contribution in [0.15, 0.2) is 83.9 Å². The Morgan fingerprint density at radius 3 is 2.54 bits per heavy atom. The summed E-state index contributed by atoms with van der Waals surface area (Å²) >= 11 is 0. The van der Waals surface area contributed by atoms with Crippen LogP contribution >= 0.6 is 0 Å². The predicted molar refractivity (Wildman–Crippen MR) is 137 cm³/mol. The average Bonchev–Trinajstić information content (AvgIpc) is 3.41. The van der Waals surface area contributed by atoms with E-state index in [9.17, 15) is 4.39 Å². The van der Waals surface area contributed by atoms with Gasteiger partial charge in [0.25, 0.3) is 0 Å². The second-order valence-electron chi connectivity index (χ2n) is 8.65. The summed E-state index contributed by atoms with van der Waals surface area (Å²) in [6, 6.07) is 17.8. The Morgan fingerprint density at radius 2 is 1.84 bits per heavy atom. The number of amidine groups is 1. The molecule has 9 heteroatoms. The van der Waals surface area contributed by atoms with Gasteiger partial charge in [-0.15, -0.1) is 0 Å². The van der Waals surface area contributed by atoms with Crippen LogP contribution in [0, 0.1) is 5.82 Å². The van der Waals surface area contributed by atoms with E-state index in [1.807, 2.05) is 36.4 Å². The van der Waals surface area contributed by atoms with Crippen LogP contribution < -0.4 is 19.5 Å². The van der Waals surface area contributed by atoms with Crippen molar-refractivity contribution in [2.24, 2.45) is 4.99 Å². The summed E-state index contributed by atoms with van der Waals surface area (Å²) in [5.41, 5.74) is 5.42. The van der Waals surface area contributed by atoms with E-state index in [-0.39, 0.29) is 11.9 Å². The highest BCUT2D eigenvalue weighted by atomic mass is 19.1. The van der Waals surface area contributed by atoms with E-state index in [1.165, 1.54) is 18.5 Å². The van der Waals surface area contributed by atoms with E-state index in [0.29, 0.717) is 36.1 Å². The van der Waals surface area contributed by atoms with Crippen molar-refractivity contribution in [2.75, 3.05) is 20.8 Å². The summed E-state index contributed by atoms with van der Waals surface area (Å²) in [7, 11) is 3.23. The van der Waals surface area contributed by atoms with Crippen LogP contribution in [-0.2, 0) is 0 Å². The van der Waals surface area contributed by atoms with Crippen LogP contribution in [0.1, 0.15) is 29.2 Å². The number of nitrogens with one attached hydrogen (secondary N) is 1. The predicted octanol–water partition coefficient (Wildman–Crippen LogP) is 4.71. The van der Waals surface area contributed by atoms with E-state index < -0.39 is 0 Å². The highest BCUT2D eigenvalue weighted by Crippen LogP contribution is 2.46. The van der Waals surface area contributed by atoms with Gasteiger partial charge in [0.15, 0.2) is 0 Å². The van der Waals surface area contributed by atoms with Crippen LogP contribution in [-0.4, -0.2) is 41.4 Å². The normalized spacial score (nSPS) is 16.5. The Morgan fingerprint density at radius 1 is 1.03 bits per heavy atom. The molecule has 186 valence electrons. The molecule has 0 saturated carbocycles. The molecule has 0 fully saturated rings. The molecule has 1 N–H and O–H groups in total. The molecule has 2 aliphatic heterocycles. The fourth-order valence-corrected chi connectivity index (χ4v) is 4.72. The molecule has 6 rings (SSSR count). The lowest BCUT2D eigenvalue weighted by molar-refractivity contribution is 0.315. The number of halogens is 1. The van der Waals surface area contributed by atoms with Crippen LogP contribution in [0.5, 0.6) is 17.2 Å². The molecule has 1 unspecified atom stereocenters. The van der Waals surface area contributed by atoms with Gasteiger partial charge in [-0.05, 0) is 47.5 Å². The molecule has 0 radical (unpaired) electrons. The smallest absolute Gasteiger partial charge is 0.138 e. The minimum absolute atomic E-state index is 0.289. The third-order valence-electron chi connectivity index (χ3n) is 6.54. The van der Waals surface area contributed by atoms with E-state index in [4.69, 9.17) is 19.2 Å². The van der Waals surface area contributed by atoms with Gasteiger partial charge in [0.05, 0.1) is 37.8 Å². The van der Waals surface area contributed by atoms with Crippen LogP contribution in [0.3, 0.4) is 0 Å². The Labute approximate surface area is 213 Å². The van der Waals surface area contributed by atoms with Crippen LogP contribution in [0.4, 0.5) is 4.39 Å². The lowest BCUT2D eigenvalue weighted by atomic mass is 9.90. The number of hydrogen-bond donors (Lipinski definition) is 1. The zero-order valence-corrected chi connectivity index (χ0v) is 20.3. The molecule has 0 bridgehead atoms. The molecule has 3 aromatic carbocycles. The van der Waals surface area contributed by atoms with Gasteiger partial charge in [0.2, 0.25) is 0 Å². The zero-order chi connectivity index (χ0) is 25.4. The number of benzene rings is 3. The Balaban J connectivity index is 1.51. The van der Waals surface area contributed by atoms with Gasteiger partial charge in [-0.2, -0.15) is 5.10 Å². The van der Waals surface area contributed by atoms with Gasteiger partial charge < -0.3 is 19.5 Å². The van der Waals surface area contributed by atoms with Crippen molar-refractivity contribution in [1.29, 1.82) is 0 Å². The van der Waals surface area contributed by atoms with Crippen molar-refractivity contribution in [3.05, 3.63) is 101 Å². The highest BCUT2D eigenvalue weighted by Gasteiger charge is 2.32. The van der Waals surface area contributed by atoms with Crippen molar-refractivity contribution in [3.63, 3.8) is 0 Å². The number of nitrogens with zero attached hydrogens (tertiary/aromatic N) is 4. The van der Waals surface area contributed by atoms with Gasteiger partial charge in [-0.1, -0.05) is 12.1 Å². The van der Waals surface area contributed by atoms with E-state index in [0.717, 1.165) is 33.6 Å². The van der Waals surface area contributed by atoms with Crippen molar-refractivity contribution in [2.45, 2.75) is 12.5 Å². The lowest BCUT2D eigenvalue weighted by Gasteiger charge is -2.29. The Kier molecular flexibility index (Phi) is 5.80. The minimum Gasteiger partial charge on any atom is -0.496 e. The molecule has 0 aliphatic carbocycles. The topological polar surface area (TPSA) is 82.8 Å². The van der Waals surface area contributed by atoms with Crippen LogP contribution in [0.25, 0.3) is 11.4 Å². The van der Waals surface area contributed by atoms with Crippen LogP contribution in [0.2, 0.25) is 0 Å². The summed E-state index contributed by atoms with van der Waals surface area (Å²) in [5, 5.41) is 7.73. The molecule has 2 aliphatic rings. The van der Waals surface area contributed by atoms with Gasteiger partial charge in [-0.25, -0.2) is 14.1 Å². The molecule has 8 nitrogen and oxygen atoms in total. The summed E-state index contributed by atoms with van der Waals surface area (Å²) in [4.78, 5) is 9.13. The first-order chi connectivity index (χ1) is 18.1. The maximum absolute atomic E-state index is 13.7. The number of fused-ring (bicyclic) bond motifs is 2. The third kappa shape index (κ3) is 4.18. The molecule has 0 spiro atoms. The Bertz CT molecular complexity index is 1500. The SMILES string of the molecule is COc1cc(OC)c2c(c1)OCCC1=C2NC(c2ccc(F)cc2)=NC1c1ccc(-n2cncn2)cc1. The first kappa shape index (κ1) is 22.8. The van der Waals surface area contributed by atoms with Gasteiger partial charge >= 0.3 is 0 Å². The number of aliphatic imine (C=N–C) groups is 1. The average molecular weight is 498 g/mol. The summed E-state index contributed by atoms with van der Waals surface area (Å²) in [6.45, 7) is 0.471. The monoisotopic (exact) mass is 497 g/mol. The molecular formula is C28H24FN5O3. The van der Waals surface area contributed by atoms with Gasteiger partial charge in [0, 0.05) is 24.1 Å². The highest BCUT2D eigenvalue weighted by molar-refractivity contribution is 6.06. The van der Waals surface area contributed by atoms with E-state index in [2.05, 4.69) is 15.4 Å². The van der Waals surface area contributed by atoms with Crippen molar-refractivity contribution in [3.8, 4) is 22.9 Å². The lowest BCUT2D eigenvalue weighted by Crippen LogP contribution is -2.30. The first-order valence-corrected chi connectivity index (χ1v) is 11.8. The fourth-order valence-electron chi connectivity index (χ4n) is 4.72. The molecule has 37 heavy (non-hydrogen) atoms. The summed E-state index contributed by atoms with van der Waals surface area (Å²) < 4.78 is 32.8. The molecule has 3 heterocycles. The number of methoxy groups -OCH3 is 2. The maximum atomic E-state index is 13.7. The summed E-state index contributed by atoms with van der Waals surface area (Å²) in [6.07, 6.45) is 3.81.